The Labute approximate surface area is 257 Å². The summed E-state index contributed by atoms with van der Waals surface area (Å²) in [4.78, 5) is 26.9. The second-order valence-corrected chi connectivity index (χ2v) is 11.5. The van der Waals surface area contributed by atoms with Crippen molar-refractivity contribution in [2.75, 3.05) is 12.4 Å². The molecule has 0 aliphatic rings. The van der Waals surface area contributed by atoms with Crippen molar-refractivity contribution >= 4 is 56.9 Å². The van der Waals surface area contributed by atoms with E-state index in [1.165, 1.54) is 11.3 Å². The van der Waals surface area contributed by atoms with E-state index in [9.17, 15) is 9.59 Å². The Morgan fingerprint density at radius 2 is 1.71 bits per heavy atom. The summed E-state index contributed by atoms with van der Waals surface area (Å²) in [6, 6.07) is 21.5. The molecule has 196 valence electrons. The highest BCUT2D eigenvalue weighted by molar-refractivity contribution is 9.10. The van der Waals surface area contributed by atoms with Crippen molar-refractivity contribution in [1.29, 1.82) is 0 Å². The van der Waals surface area contributed by atoms with Crippen LogP contribution in [0.5, 0.6) is 0 Å². The second kappa shape index (κ2) is 14.8. The van der Waals surface area contributed by atoms with Gasteiger partial charge >= 0.3 is 5.97 Å². The molecule has 0 saturated heterocycles. The van der Waals surface area contributed by atoms with E-state index in [1.807, 2.05) is 66.3 Å². The summed E-state index contributed by atoms with van der Waals surface area (Å²) in [5.74, 6) is 0.275. The first-order valence-electron chi connectivity index (χ1n) is 11.9. The first-order valence-corrected chi connectivity index (χ1v) is 14.5. The van der Waals surface area contributed by atoms with Gasteiger partial charge in [-0.25, -0.2) is 0 Å². The minimum atomic E-state index is -0.348. The SMILES string of the molecule is CCOC(=O)Cc1c(C(=O)c2ccc(Br)cc2)sc(SC/C=C/c2ccccc2)c1-[n+]1ccc(C)cc1.[I-]. The quantitative estimate of drug-likeness (QED) is 0.0810. The molecule has 2 heterocycles. The topological polar surface area (TPSA) is 47.3 Å². The van der Waals surface area contributed by atoms with E-state index in [2.05, 4.69) is 40.2 Å². The molecule has 38 heavy (non-hydrogen) atoms. The van der Waals surface area contributed by atoms with Crippen LogP contribution in [0.2, 0.25) is 0 Å². The van der Waals surface area contributed by atoms with E-state index in [0.29, 0.717) is 16.0 Å². The second-order valence-electron chi connectivity index (χ2n) is 8.27. The number of esters is 1. The number of hydrogen-bond acceptors (Lipinski definition) is 5. The lowest BCUT2D eigenvalue weighted by molar-refractivity contribution is -0.598. The van der Waals surface area contributed by atoms with Crippen LogP contribution in [0, 0.1) is 6.92 Å². The number of thiophene rings is 1. The van der Waals surface area contributed by atoms with Crippen LogP contribution >= 0.6 is 39.0 Å². The van der Waals surface area contributed by atoms with Crippen LogP contribution in [0.15, 0.2) is 93.9 Å². The molecule has 0 bridgehead atoms. The van der Waals surface area contributed by atoms with Gasteiger partial charge in [-0.2, -0.15) is 4.57 Å². The highest BCUT2D eigenvalue weighted by Crippen LogP contribution is 2.38. The van der Waals surface area contributed by atoms with Gasteiger partial charge in [-0.3, -0.25) is 9.59 Å². The van der Waals surface area contributed by atoms with Crippen LogP contribution in [0.25, 0.3) is 11.8 Å². The minimum Gasteiger partial charge on any atom is -1.00 e. The number of rotatable bonds is 10. The van der Waals surface area contributed by atoms with Gasteiger partial charge in [0.05, 0.1) is 23.5 Å². The molecule has 0 amide bonds. The number of ketones is 1. The number of carbonyl (C=O) groups excluding carboxylic acids is 2. The number of carbonyl (C=O) groups is 2. The lowest BCUT2D eigenvalue weighted by Crippen LogP contribution is -3.00. The first kappa shape index (κ1) is 30.3. The van der Waals surface area contributed by atoms with E-state index in [0.717, 1.165) is 31.2 Å². The minimum absolute atomic E-state index is 0. The Hall–Kier alpha value is -2.27. The lowest BCUT2D eigenvalue weighted by atomic mass is 10.0. The van der Waals surface area contributed by atoms with Gasteiger partial charge in [0.15, 0.2) is 12.4 Å². The fourth-order valence-electron chi connectivity index (χ4n) is 3.75. The molecule has 0 aliphatic heterocycles. The molecular weight excluding hydrogens is 693 g/mol. The van der Waals surface area contributed by atoms with Crippen molar-refractivity contribution < 1.29 is 42.9 Å². The maximum absolute atomic E-state index is 13.7. The molecule has 0 fully saturated rings. The third-order valence-corrected chi connectivity index (χ3v) is 8.52. The molecule has 2 aromatic carbocycles. The van der Waals surface area contributed by atoms with Crippen molar-refractivity contribution in [2.24, 2.45) is 0 Å². The van der Waals surface area contributed by atoms with Gasteiger partial charge in [-0.15, -0.1) is 23.1 Å². The average molecular weight is 720 g/mol. The first-order chi connectivity index (χ1) is 18.0. The Kier molecular flexibility index (Phi) is 11.8. The van der Waals surface area contributed by atoms with Crippen LogP contribution in [0.3, 0.4) is 0 Å². The predicted molar refractivity (Wildman–Crippen MR) is 155 cm³/mol. The van der Waals surface area contributed by atoms with Crippen molar-refractivity contribution in [3.8, 4) is 5.69 Å². The summed E-state index contributed by atoms with van der Waals surface area (Å²) < 4.78 is 9.17. The summed E-state index contributed by atoms with van der Waals surface area (Å²) in [7, 11) is 0. The van der Waals surface area contributed by atoms with Gasteiger partial charge in [-0.1, -0.05) is 58.4 Å². The van der Waals surface area contributed by atoms with Crippen LogP contribution in [-0.4, -0.2) is 24.1 Å². The standard InChI is InChI=1S/C30H27BrNO3S2.HI/c1-3-35-26(33)20-25-27(32-17-15-21(2)16-18-32)30(36-19-7-10-22-8-5-4-6-9-22)37-29(25)28(34)23-11-13-24(31)14-12-23;/h4-18H,3,19-20H2,1-2H3;1H/q+1;/p-1/b10-7+;. The van der Waals surface area contributed by atoms with Crippen molar-refractivity contribution in [3.63, 3.8) is 0 Å². The lowest BCUT2D eigenvalue weighted by Gasteiger charge is -2.06. The molecule has 0 spiro atoms. The number of pyridine rings is 1. The molecule has 0 aliphatic carbocycles. The fourth-order valence-corrected chi connectivity index (χ4v) is 6.43. The molecular formula is C30H27BrINO3S2. The summed E-state index contributed by atoms with van der Waals surface area (Å²) in [6.07, 6.45) is 8.18. The third-order valence-electron chi connectivity index (χ3n) is 5.56. The Balaban J connectivity index is 0.00000400. The Bertz CT molecular complexity index is 1400. The maximum atomic E-state index is 13.7. The predicted octanol–water partition coefficient (Wildman–Crippen LogP) is 4.24. The molecule has 8 heteroatoms. The summed E-state index contributed by atoms with van der Waals surface area (Å²) in [6.45, 7) is 4.11. The average Bonchev–Trinajstić information content (AvgIpc) is 3.25. The maximum Gasteiger partial charge on any atom is 0.310 e. The van der Waals surface area contributed by atoms with Crippen LogP contribution < -0.4 is 28.5 Å². The van der Waals surface area contributed by atoms with Crippen molar-refractivity contribution in [2.45, 2.75) is 24.5 Å². The molecule has 0 atom stereocenters. The number of aromatic nitrogens is 1. The molecule has 2 aromatic heterocycles. The van der Waals surface area contributed by atoms with Gasteiger partial charge in [0.2, 0.25) is 11.5 Å². The Morgan fingerprint density at radius 1 is 1.03 bits per heavy atom. The van der Waals surface area contributed by atoms with E-state index in [-0.39, 0.29) is 48.8 Å². The summed E-state index contributed by atoms with van der Waals surface area (Å²) >= 11 is 6.53. The number of ether oxygens (including phenoxy) is 1. The van der Waals surface area contributed by atoms with E-state index < -0.39 is 0 Å². The van der Waals surface area contributed by atoms with Gasteiger partial charge in [0, 0.05) is 27.9 Å². The molecule has 0 unspecified atom stereocenters. The van der Waals surface area contributed by atoms with Crippen LogP contribution in [0.1, 0.15) is 38.8 Å². The molecule has 4 rings (SSSR count). The normalized spacial score (nSPS) is 10.8. The highest BCUT2D eigenvalue weighted by Gasteiger charge is 2.31. The number of halogens is 2. The largest absolute Gasteiger partial charge is 1.00 e. The molecule has 4 aromatic rings. The van der Waals surface area contributed by atoms with Gasteiger partial charge < -0.3 is 28.7 Å². The van der Waals surface area contributed by atoms with Gasteiger partial charge in [0.25, 0.3) is 0 Å². The van der Waals surface area contributed by atoms with E-state index in [4.69, 9.17) is 4.74 Å². The van der Waals surface area contributed by atoms with Crippen molar-refractivity contribution in [3.05, 3.63) is 117 Å². The zero-order chi connectivity index (χ0) is 26.2. The number of hydrogen-bond donors (Lipinski definition) is 0. The zero-order valence-corrected chi connectivity index (χ0v) is 26.4. The number of nitrogens with zero attached hydrogens (tertiary/aromatic N) is 1. The van der Waals surface area contributed by atoms with Gasteiger partial charge in [-0.05, 0) is 49.2 Å². The van der Waals surface area contributed by atoms with Crippen molar-refractivity contribution in [1.82, 2.24) is 0 Å². The van der Waals surface area contributed by atoms with Crippen LogP contribution in [-0.2, 0) is 16.0 Å². The summed E-state index contributed by atoms with van der Waals surface area (Å²) in [5.41, 5.74) is 4.40. The Morgan fingerprint density at radius 3 is 2.37 bits per heavy atom. The smallest absolute Gasteiger partial charge is 0.310 e. The van der Waals surface area contributed by atoms with Crippen LogP contribution in [0.4, 0.5) is 0 Å². The molecule has 4 nitrogen and oxygen atoms in total. The fraction of sp³-hybridized carbons (Fsp3) is 0.167. The number of aryl methyl sites for hydroxylation is 1. The molecule has 0 radical (unpaired) electrons. The van der Waals surface area contributed by atoms with Gasteiger partial charge in [0.1, 0.15) is 4.21 Å². The monoisotopic (exact) mass is 719 g/mol. The highest BCUT2D eigenvalue weighted by atomic mass is 127. The molecule has 0 saturated carbocycles. The summed E-state index contributed by atoms with van der Waals surface area (Å²) in [5, 5.41) is 0. The number of benzene rings is 2. The molecule has 0 N–H and O–H groups in total. The third kappa shape index (κ3) is 7.88. The zero-order valence-electron chi connectivity index (χ0n) is 21.0. The van der Waals surface area contributed by atoms with E-state index >= 15 is 0 Å². The number of thioether (sulfide) groups is 1. The van der Waals surface area contributed by atoms with E-state index in [1.54, 1.807) is 30.8 Å².